The van der Waals surface area contributed by atoms with E-state index in [1.54, 1.807) is 6.92 Å². The Morgan fingerprint density at radius 3 is 2.73 bits per heavy atom. The summed E-state index contributed by atoms with van der Waals surface area (Å²) in [4.78, 5) is 28.0. The molecule has 1 aliphatic rings. The molecule has 0 bridgehead atoms. The third-order valence-corrected chi connectivity index (χ3v) is 4.29. The normalized spacial score (nSPS) is 19.4. The van der Waals surface area contributed by atoms with Crippen LogP contribution in [0.3, 0.4) is 0 Å². The summed E-state index contributed by atoms with van der Waals surface area (Å²) in [5.41, 5.74) is 3.27. The van der Waals surface area contributed by atoms with Gasteiger partial charge in [-0.2, -0.15) is 0 Å². The van der Waals surface area contributed by atoms with Crippen molar-refractivity contribution in [2.45, 2.75) is 33.7 Å². The SMILES string of the molecule is CCOC(=O)CN1CCN(c2cccc(C)c2C)C(=O)[C@@H]1C. The number of amides is 1. The minimum absolute atomic E-state index is 0.0317. The Balaban J connectivity index is 2.12. The van der Waals surface area contributed by atoms with Gasteiger partial charge in [0.1, 0.15) is 0 Å². The van der Waals surface area contributed by atoms with E-state index in [9.17, 15) is 9.59 Å². The molecule has 120 valence electrons. The van der Waals surface area contributed by atoms with E-state index in [1.807, 2.05) is 48.8 Å². The van der Waals surface area contributed by atoms with Gasteiger partial charge in [0.2, 0.25) is 5.91 Å². The minimum atomic E-state index is -0.321. The molecule has 1 atom stereocenters. The molecule has 0 aromatic heterocycles. The number of nitrogens with zero attached hydrogens (tertiary/aromatic N) is 2. The average Bonchev–Trinajstić information content (AvgIpc) is 2.48. The van der Waals surface area contributed by atoms with Gasteiger partial charge in [0.25, 0.3) is 0 Å². The van der Waals surface area contributed by atoms with Gasteiger partial charge in [0, 0.05) is 18.8 Å². The molecule has 1 saturated heterocycles. The number of hydrogen-bond donors (Lipinski definition) is 0. The fourth-order valence-corrected chi connectivity index (χ4v) is 2.77. The summed E-state index contributed by atoms with van der Waals surface area (Å²) in [7, 11) is 0. The summed E-state index contributed by atoms with van der Waals surface area (Å²) in [5, 5.41) is 0. The Kier molecular flexibility index (Phi) is 5.19. The van der Waals surface area contributed by atoms with E-state index in [4.69, 9.17) is 4.74 Å². The molecule has 1 fully saturated rings. The van der Waals surface area contributed by atoms with Crippen molar-refractivity contribution in [3.05, 3.63) is 29.3 Å². The highest BCUT2D eigenvalue weighted by Gasteiger charge is 2.33. The third-order valence-electron chi connectivity index (χ3n) is 4.29. The standard InChI is InChI=1S/C17H24N2O3/c1-5-22-16(20)11-18-9-10-19(17(21)14(18)4)15-8-6-7-12(2)13(15)3/h6-8,14H,5,9-11H2,1-4H3/t14-/m0/s1. The number of rotatable bonds is 4. The van der Waals surface area contributed by atoms with E-state index in [2.05, 4.69) is 0 Å². The van der Waals surface area contributed by atoms with Crippen LogP contribution in [0.5, 0.6) is 0 Å². The summed E-state index contributed by atoms with van der Waals surface area (Å²) in [6, 6.07) is 5.68. The van der Waals surface area contributed by atoms with Crippen LogP contribution in [0.15, 0.2) is 18.2 Å². The molecule has 2 rings (SSSR count). The summed E-state index contributed by atoms with van der Waals surface area (Å²) in [6.07, 6.45) is 0. The van der Waals surface area contributed by atoms with E-state index in [0.717, 1.165) is 11.3 Å². The van der Waals surface area contributed by atoms with Crippen molar-refractivity contribution >= 4 is 17.6 Å². The molecule has 1 aliphatic heterocycles. The topological polar surface area (TPSA) is 49.9 Å². The van der Waals surface area contributed by atoms with Gasteiger partial charge in [0.15, 0.2) is 0 Å². The predicted molar refractivity (Wildman–Crippen MR) is 85.9 cm³/mol. The summed E-state index contributed by atoms with van der Waals surface area (Å²) < 4.78 is 4.97. The highest BCUT2D eigenvalue weighted by atomic mass is 16.5. The molecule has 0 spiro atoms. The molecule has 0 unspecified atom stereocenters. The van der Waals surface area contributed by atoms with E-state index >= 15 is 0 Å². The van der Waals surface area contributed by atoms with Gasteiger partial charge < -0.3 is 9.64 Å². The number of esters is 1. The van der Waals surface area contributed by atoms with Gasteiger partial charge in [-0.1, -0.05) is 12.1 Å². The zero-order valence-corrected chi connectivity index (χ0v) is 13.8. The summed E-state index contributed by atoms with van der Waals surface area (Å²) >= 11 is 0. The molecule has 1 amide bonds. The first kappa shape index (κ1) is 16.5. The second kappa shape index (κ2) is 6.92. The van der Waals surface area contributed by atoms with Crippen molar-refractivity contribution in [2.24, 2.45) is 0 Å². The quantitative estimate of drug-likeness (QED) is 0.797. The van der Waals surface area contributed by atoms with Gasteiger partial charge in [-0.05, 0) is 44.9 Å². The Bertz CT molecular complexity index is 571. The van der Waals surface area contributed by atoms with Crippen LogP contribution in [0.25, 0.3) is 0 Å². The van der Waals surface area contributed by atoms with E-state index in [1.165, 1.54) is 5.56 Å². The van der Waals surface area contributed by atoms with Crippen molar-refractivity contribution in [3.63, 3.8) is 0 Å². The second-order valence-corrected chi connectivity index (χ2v) is 5.66. The summed E-state index contributed by atoms with van der Waals surface area (Å²) in [6.45, 7) is 9.50. The van der Waals surface area contributed by atoms with Gasteiger partial charge >= 0.3 is 5.97 Å². The number of aryl methyl sites for hydroxylation is 1. The zero-order valence-electron chi connectivity index (χ0n) is 13.8. The van der Waals surface area contributed by atoms with Crippen LogP contribution < -0.4 is 4.90 Å². The maximum absolute atomic E-state index is 12.7. The highest BCUT2D eigenvalue weighted by molar-refractivity contribution is 5.98. The number of carbonyl (C=O) groups is 2. The zero-order chi connectivity index (χ0) is 16.3. The number of ether oxygens (including phenoxy) is 1. The Morgan fingerprint density at radius 1 is 1.32 bits per heavy atom. The fourth-order valence-electron chi connectivity index (χ4n) is 2.77. The smallest absolute Gasteiger partial charge is 0.320 e. The lowest BCUT2D eigenvalue weighted by Crippen LogP contribution is -2.57. The molecule has 5 nitrogen and oxygen atoms in total. The minimum Gasteiger partial charge on any atom is -0.465 e. The van der Waals surface area contributed by atoms with Crippen molar-refractivity contribution in [1.82, 2.24) is 4.90 Å². The lowest BCUT2D eigenvalue weighted by Gasteiger charge is -2.39. The molecule has 1 aromatic rings. The number of hydrogen-bond acceptors (Lipinski definition) is 4. The number of anilines is 1. The molecule has 0 saturated carbocycles. The molecule has 0 aliphatic carbocycles. The van der Waals surface area contributed by atoms with Crippen LogP contribution >= 0.6 is 0 Å². The third kappa shape index (κ3) is 3.30. The van der Waals surface area contributed by atoms with E-state index < -0.39 is 0 Å². The van der Waals surface area contributed by atoms with E-state index in [-0.39, 0.29) is 24.5 Å². The second-order valence-electron chi connectivity index (χ2n) is 5.66. The van der Waals surface area contributed by atoms with Gasteiger partial charge in [-0.15, -0.1) is 0 Å². The lowest BCUT2D eigenvalue weighted by atomic mass is 10.0. The molecular weight excluding hydrogens is 280 g/mol. The number of benzene rings is 1. The van der Waals surface area contributed by atoms with Crippen molar-refractivity contribution < 1.29 is 14.3 Å². The Hall–Kier alpha value is -1.88. The van der Waals surface area contributed by atoms with Gasteiger partial charge in [-0.3, -0.25) is 14.5 Å². The Labute approximate surface area is 131 Å². The van der Waals surface area contributed by atoms with Gasteiger partial charge in [0.05, 0.1) is 19.2 Å². The van der Waals surface area contributed by atoms with Crippen LogP contribution in [0.2, 0.25) is 0 Å². The molecule has 5 heteroatoms. The molecule has 1 aromatic carbocycles. The van der Waals surface area contributed by atoms with E-state index in [0.29, 0.717) is 19.7 Å². The number of piperazine rings is 1. The first-order valence-corrected chi connectivity index (χ1v) is 7.73. The molecule has 0 radical (unpaired) electrons. The van der Waals surface area contributed by atoms with Crippen LogP contribution in [-0.4, -0.2) is 49.1 Å². The van der Waals surface area contributed by atoms with Crippen molar-refractivity contribution in [1.29, 1.82) is 0 Å². The molecular formula is C17H24N2O3. The van der Waals surface area contributed by atoms with Crippen molar-refractivity contribution in [3.8, 4) is 0 Å². The highest BCUT2D eigenvalue weighted by Crippen LogP contribution is 2.26. The predicted octanol–water partition coefficient (Wildman–Crippen LogP) is 1.90. The molecule has 22 heavy (non-hydrogen) atoms. The fraction of sp³-hybridized carbons (Fsp3) is 0.529. The Morgan fingerprint density at radius 2 is 2.05 bits per heavy atom. The molecule has 1 heterocycles. The monoisotopic (exact) mass is 304 g/mol. The van der Waals surface area contributed by atoms with Crippen molar-refractivity contribution in [2.75, 3.05) is 31.1 Å². The summed E-state index contributed by atoms with van der Waals surface area (Å²) in [5.74, 6) is -0.244. The first-order chi connectivity index (χ1) is 10.5. The van der Waals surface area contributed by atoms with Crippen LogP contribution in [0.4, 0.5) is 5.69 Å². The average molecular weight is 304 g/mol. The maximum Gasteiger partial charge on any atom is 0.320 e. The largest absolute Gasteiger partial charge is 0.465 e. The lowest BCUT2D eigenvalue weighted by molar-refractivity contribution is -0.145. The van der Waals surface area contributed by atoms with Gasteiger partial charge in [-0.25, -0.2) is 0 Å². The molecule has 0 N–H and O–H groups in total. The first-order valence-electron chi connectivity index (χ1n) is 7.73. The van der Waals surface area contributed by atoms with Crippen LogP contribution in [0.1, 0.15) is 25.0 Å². The van der Waals surface area contributed by atoms with Crippen LogP contribution in [-0.2, 0) is 14.3 Å². The number of carbonyl (C=O) groups excluding carboxylic acids is 2. The van der Waals surface area contributed by atoms with Crippen LogP contribution in [0, 0.1) is 13.8 Å². The maximum atomic E-state index is 12.7.